The molecule has 0 aliphatic carbocycles. The number of halogens is 1. The SMILES string of the molecule is COc1cc2cc(C(=O)CCC3CC[N+](C)(CC4CCCCO4)CC3)sc2cc1OC.[Br-]. The Kier molecular flexibility index (Phi) is 9.01. The molecular weight excluding hydrogens is 490 g/mol. The molecule has 2 aliphatic heterocycles. The first-order valence-electron chi connectivity index (χ1n) is 11.6. The van der Waals surface area contributed by atoms with Crippen molar-refractivity contribution in [1.29, 1.82) is 0 Å². The molecule has 0 N–H and O–H groups in total. The first kappa shape index (κ1) is 25.5. The molecule has 4 rings (SSSR count). The van der Waals surface area contributed by atoms with Crippen molar-refractivity contribution in [3.63, 3.8) is 0 Å². The Morgan fingerprint density at radius 2 is 1.81 bits per heavy atom. The molecule has 178 valence electrons. The van der Waals surface area contributed by atoms with Crippen LogP contribution in [0.1, 0.15) is 54.6 Å². The smallest absolute Gasteiger partial charge is 0.172 e. The normalized spacial score (nSPS) is 25.8. The van der Waals surface area contributed by atoms with Gasteiger partial charge in [0.15, 0.2) is 17.3 Å². The number of likely N-dealkylation sites (tertiary alicyclic amines) is 1. The lowest BCUT2D eigenvalue weighted by atomic mass is 9.89. The highest BCUT2D eigenvalue weighted by Gasteiger charge is 2.33. The molecule has 0 amide bonds. The van der Waals surface area contributed by atoms with E-state index in [9.17, 15) is 4.79 Å². The fourth-order valence-corrected chi connectivity index (χ4v) is 6.16. The topological polar surface area (TPSA) is 44.8 Å². The number of ketones is 1. The van der Waals surface area contributed by atoms with Crippen LogP contribution in [0.4, 0.5) is 0 Å². The number of ether oxygens (including phenoxy) is 3. The zero-order valence-corrected chi connectivity index (χ0v) is 21.9. The van der Waals surface area contributed by atoms with Crippen LogP contribution in [0.15, 0.2) is 18.2 Å². The number of rotatable bonds is 8. The van der Waals surface area contributed by atoms with Crippen molar-refractivity contribution in [2.45, 2.75) is 51.0 Å². The average Bonchev–Trinajstić information content (AvgIpc) is 3.21. The van der Waals surface area contributed by atoms with Gasteiger partial charge in [0.2, 0.25) is 0 Å². The molecule has 0 bridgehead atoms. The number of carbonyl (C=O) groups is 1. The number of Topliss-reactive ketones (excluding diaryl/α,β-unsaturated/α-hetero) is 1. The zero-order chi connectivity index (χ0) is 21.8. The number of nitrogens with zero attached hydrogens (tertiary/aromatic N) is 1. The summed E-state index contributed by atoms with van der Waals surface area (Å²) in [6.07, 6.45) is 8.28. The quantitative estimate of drug-likeness (QED) is 0.392. The van der Waals surface area contributed by atoms with Crippen LogP contribution in [-0.4, -0.2) is 63.9 Å². The van der Waals surface area contributed by atoms with Gasteiger partial charge in [-0.05, 0) is 62.0 Å². The molecule has 2 aliphatic rings. The maximum absolute atomic E-state index is 12.9. The lowest BCUT2D eigenvalue weighted by Gasteiger charge is -2.43. The van der Waals surface area contributed by atoms with Gasteiger partial charge in [0.05, 0.1) is 39.2 Å². The van der Waals surface area contributed by atoms with Crippen molar-refractivity contribution in [3.8, 4) is 11.5 Å². The lowest BCUT2D eigenvalue weighted by molar-refractivity contribution is -0.918. The predicted octanol–water partition coefficient (Wildman–Crippen LogP) is 2.31. The van der Waals surface area contributed by atoms with Gasteiger partial charge in [0.25, 0.3) is 0 Å². The van der Waals surface area contributed by atoms with E-state index in [0.717, 1.165) is 39.0 Å². The third-order valence-corrected chi connectivity index (χ3v) is 8.29. The Morgan fingerprint density at radius 1 is 1.09 bits per heavy atom. The number of hydrogen-bond donors (Lipinski definition) is 0. The minimum absolute atomic E-state index is 0. The minimum Gasteiger partial charge on any atom is -1.00 e. The van der Waals surface area contributed by atoms with E-state index in [1.54, 1.807) is 25.6 Å². The van der Waals surface area contributed by atoms with Crippen LogP contribution in [0, 0.1) is 5.92 Å². The standard InChI is InChI=1S/C25H36NO4S.BrH/c1-26(17-20-6-4-5-13-30-20)11-9-18(10-12-26)7-8-21(27)25-15-19-14-22(28-2)23(29-3)16-24(19)31-25;/h14-16,18,20H,4-13,17H2,1-3H3;1H/q+1;/p-1. The molecule has 0 radical (unpaired) electrons. The van der Waals surface area contributed by atoms with Gasteiger partial charge in [-0.15, -0.1) is 11.3 Å². The summed E-state index contributed by atoms with van der Waals surface area (Å²) in [6, 6.07) is 5.92. The molecule has 5 nitrogen and oxygen atoms in total. The third kappa shape index (κ3) is 6.04. The average molecular weight is 527 g/mol. The van der Waals surface area contributed by atoms with Crippen molar-refractivity contribution in [1.82, 2.24) is 0 Å². The molecule has 1 aromatic heterocycles. The van der Waals surface area contributed by atoms with Crippen LogP contribution < -0.4 is 26.5 Å². The van der Waals surface area contributed by atoms with Crippen molar-refractivity contribution < 1.29 is 40.5 Å². The summed E-state index contributed by atoms with van der Waals surface area (Å²) in [5.41, 5.74) is 0. The van der Waals surface area contributed by atoms with E-state index in [1.165, 1.54) is 45.2 Å². The number of thiophene rings is 1. The summed E-state index contributed by atoms with van der Waals surface area (Å²) in [5.74, 6) is 2.33. The fourth-order valence-electron chi connectivity index (χ4n) is 5.12. The highest BCUT2D eigenvalue weighted by atomic mass is 79.9. The minimum atomic E-state index is 0. The third-order valence-electron chi connectivity index (χ3n) is 7.15. The van der Waals surface area contributed by atoms with Crippen LogP contribution >= 0.6 is 11.3 Å². The molecule has 0 saturated carbocycles. The van der Waals surface area contributed by atoms with E-state index < -0.39 is 0 Å². The number of quaternary nitrogens is 1. The van der Waals surface area contributed by atoms with Gasteiger partial charge in [-0.1, -0.05) is 0 Å². The number of piperidine rings is 1. The number of hydrogen-bond acceptors (Lipinski definition) is 5. The van der Waals surface area contributed by atoms with Gasteiger partial charge in [0, 0.05) is 23.8 Å². The van der Waals surface area contributed by atoms with Crippen LogP contribution in [0.2, 0.25) is 0 Å². The number of fused-ring (bicyclic) bond motifs is 1. The molecule has 7 heteroatoms. The summed E-state index contributed by atoms with van der Waals surface area (Å²) in [7, 11) is 5.66. The van der Waals surface area contributed by atoms with Gasteiger partial charge in [-0.3, -0.25) is 4.79 Å². The highest BCUT2D eigenvalue weighted by Crippen LogP contribution is 2.37. The molecule has 2 fully saturated rings. The van der Waals surface area contributed by atoms with Crippen LogP contribution in [0.25, 0.3) is 10.1 Å². The van der Waals surface area contributed by atoms with Crippen molar-refractivity contribution >= 4 is 27.2 Å². The van der Waals surface area contributed by atoms with E-state index >= 15 is 0 Å². The molecule has 32 heavy (non-hydrogen) atoms. The molecule has 3 heterocycles. The second-order valence-corrected chi connectivity index (χ2v) is 10.6. The molecule has 2 aromatic rings. The Morgan fingerprint density at radius 3 is 2.47 bits per heavy atom. The zero-order valence-electron chi connectivity index (χ0n) is 19.5. The number of methoxy groups -OCH3 is 2. The predicted molar refractivity (Wildman–Crippen MR) is 126 cm³/mol. The first-order valence-corrected chi connectivity index (χ1v) is 12.5. The second-order valence-electron chi connectivity index (χ2n) is 9.50. The number of benzene rings is 1. The molecular formula is C25H36BrNO4S. The Hall–Kier alpha value is -1.15. The molecule has 1 atom stereocenters. The maximum atomic E-state index is 12.9. The molecule has 0 spiro atoms. The van der Waals surface area contributed by atoms with Crippen LogP contribution in [0.5, 0.6) is 11.5 Å². The monoisotopic (exact) mass is 525 g/mol. The summed E-state index contributed by atoms with van der Waals surface area (Å²) in [5, 5.41) is 1.04. The number of carbonyl (C=O) groups excluding carboxylic acids is 1. The summed E-state index contributed by atoms with van der Waals surface area (Å²) < 4.78 is 19.0. The Labute approximate surface area is 206 Å². The molecule has 1 unspecified atom stereocenters. The van der Waals surface area contributed by atoms with Gasteiger partial charge >= 0.3 is 0 Å². The summed E-state index contributed by atoms with van der Waals surface area (Å²) in [6.45, 7) is 4.51. The van der Waals surface area contributed by atoms with E-state index in [2.05, 4.69) is 7.05 Å². The van der Waals surface area contributed by atoms with Crippen molar-refractivity contribution in [2.24, 2.45) is 5.92 Å². The van der Waals surface area contributed by atoms with Gasteiger partial charge < -0.3 is 35.7 Å². The van der Waals surface area contributed by atoms with E-state index in [1.807, 2.05) is 18.2 Å². The van der Waals surface area contributed by atoms with Crippen LogP contribution in [-0.2, 0) is 4.74 Å². The van der Waals surface area contributed by atoms with Gasteiger partial charge in [-0.2, -0.15) is 0 Å². The Bertz CT molecular complexity index is 860. The lowest BCUT2D eigenvalue weighted by Crippen LogP contribution is -3.00. The van der Waals surface area contributed by atoms with Crippen molar-refractivity contribution in [2.75, 3.05) is 47.5 Å². The summed E-state index contributed by atoms with van der Waals surface area (Å²) in [4.78, 5) is 13.7. The van der Waals surface area contributed by atoms with Crippen molar-refractivity contribution in [3.05, 3.63) is 23.1 Å². The van der Waals surface area contributed by atoms with Gasteiger partial charge in [0.1, 0.15) is 12.6 Å². The largest absolute Gasteiger partial charge is 1.00 e. The Balaban J connectivity index is 0.00000289. The second kappa shape index (κ2) is 11.3. The molecule has 2 saturated heterocycles. The maximum Gasteiger partial charge on any atom is 0.172 e. The van der Waals surface area contributed by atoms with Gasteiger partial charge in [-0.25, -0.2) is 0 Å². The highest BCUT2D eigenvalue weighted by molar-refractivity contribution is 7.20. The van der Waals surface area contributed by atoms with E-state index in [-0.39, 0.29) is 22.8 Å². The number of likely N-dealkylation sites (N-methyl/N-ethyl adjacent to an activating group) is 1. The van der Waals surface area contributed by atoms with E-state index in [0.29, 0.717) is 29.9 Å². The van der Waals surface area contributed by atoms with E-state index in [4.69, 9.17) is 14.2 Å². The van der Waals surface area contributed by atoms with Crippen LogP contribution in [0.3, 0.4) is 0 Å². The first-order chi connectivity index (χ1) is 15.0. The summed E-state index contributed by atoms with van der Waals surface area (Å²) >= 11 is 1.56. The molecule has 1 aromatic carbocycles. The fraction of sp³-hybridized carbons (Fsp3) is 0.640.